The summed E-state index contributed by atoms with van der Waals surface area (Å²) in [6, 6.07) is 6.86. The van der Waals surface area contributed by atoms with E-state index >= 15 is 4.39 Å². The maximum atomic E-state index is 15.5. The normalized spacial score (nSPS) is 14.4. The standard InChI is InChI=1S/C27H18F10N2O4/c1-12-9-15(24(29,25(30,31)32)26(33,34)35)10-13(2)21(12)38-22(40)16-5-4-6-17(20(16)28)39(3)23(41)14-7-8-18-19(11-14)43-27(36,37)42-18/h4-11H,1-3H3,(H,38,40). The molecule has 0 saturated heterocycles. The second-order valence-corrected chi connectivity index (χ2v) is 9.43. The molecule has 1 aliphatic heterocycles. The van der Waals surface area contributed by atoms with E-state index in [9.17, 15) is 49.1 Å². The number of rotatable bonds is 5. The second-order valence-electron chi connectivity index (χ2n) is 9.43. The predicted octanol–water partition coefficient (Wildman–Crippen LogP) is 7.58. The van der Waals surface area contributed by atoms with Crippen molar-refractivity contribution in [1.29, 1.82) is 0 Å². The lowest BCUT2D eigenvalue weighted by atomic mass is 9.90. The Morgan fingerprint density at radius 1 is 0.837 bits per heavy atom. The molecule has 0 spiro atoms. The third-order valence-corrected chi connectivity index (χ3v) is 6.49. The van der Waals surface area contributed by atoms with Crippen LogP contribution in [-0.2, 0) is 5.67 Å². The summed E-state index contributed by atoms with van der Waals surface area (Å²) in [5, 5.41) is 2.19. The smallest absolute Gasteiger partial charge is 0.395 e. The number of nitrogens with one attached hydrogen (secondary N) is 1. The number of benzene rings is 3. The average Bonchev–Trinajstić information content (AvgIpc) is 3.20. The average molecular weight is 624 g/mol. The Kier molecular flexibility index (Phi) is 7.56. The minimum absolute atomic E-state index is 0.218. The van der Waals surface area contributed by atoms with Gasteiger partial charge in [-0.15, -0.1) is 8.78 Å². The van der Waals surface area contributed by atoms with E-state index in [1.165, 1.54) is 6.07 Å². The zero-order valence-corrected chi connectivity index (χ0v) is 22.0. The van der Waals surface area contributed by atoms with Crippen LogP contribution in [0.15, 0.2) is 48.5 Å². The lowest BCUT2D eigenvalue weighted by Gasteiger charge is -2.31. The van der Waals surface area contributed by atoms with E-state index in [1.54, 1.807) is 0 Å². The number of ether oxygens (including phenoxy) is 2. The van der Waals surface area contributed by atoms with Crippen molar-refractivity contribution < 1.29 is 63.0 Å². The van der Waals surface area contributed by atoms with Crippen LogP contribution in [0.1, 0.15) is 37.4 Å². The fraction of sp³-hybridized carbons (Fsp3) is 0.259. The Hall–Kier alpha value is -4.50. The van der Waals surface area contributed by atoms with Crippen LogP contribution in [0.25, 0.3) is 0 Å². The van der Waals surface area contributed by atoms with E-state index in [4.69, 9.17) is 0 Å². The summed E-state index contributed by atoms with van der Waals surface area (Å²) in [5.74, 6) is -4.18. The van der Waals surface area contributed by atoms with Crippen LogP contribution in [0.4, 0.5) is 55.3 Å². The molecule has 0 atom stereocenters. The van der Waals surface area contributed by atoms with Crippen molar-refractivity contribution in [3.05, 3.63) is 82.2 Å². The monoisotopic (exact) mass is 624 g/mol. The zero-order valence-electron chi connectivity index (χ0n) is 22.0. The highest BCUT2D eigenvalue weighted by Gasteiger charge is 2.73. The highest BCUT2D eigenvalue weighted by atomic mass is 19.4. The topological polar surface area (TPSA) is 67.9 Å². The highest BCUT2D eigenvalue weighted by Crippen LogP contribution is 2.54. The first-order chi connectivity index (χ1) is 19.7. The molecule has 43 heavy (non-hydrogen) atoms. The molecule has 0 fully saturated rings. The first-order valence-corrected chi connectivity index (χ1v) is 11.9. The minimum atomic E-state index is -6.35. The number of fused-ring (bicyclic) bond motifs is 1. The predicted molar refractivity (Wildman–Crippen MR) is 131 cm³/mol. The van der Waals surface area contributed by atoms with Crippen molar-refractivity contribution in [2.24, 2.45) is 0 Å². The van der Waals surface area contributed by atoms with Gasteiger partial charge in [-0.05, 0) is 55.3 Å². The van der Waals surface area contributed by atoms with Crippen LogP contribution in [0.2, 0.25) is 0 Å². The third-order valence-electron chi connectivity index (χ3n) is 6.49. The summed E-state index contributed by atoms with van der Waals surface area (Å²) in [7, 11) is 1.11. The molecule has 1 N–H and O–H groups in total. The molecule has 1 heterocycles. The molecule has 3 aromatic rings. The van der Waals surface area contributed by atoms with E-state index < -0.39 is 75.6 Å². The Balaban J connectivity index is 1.62. The Labute approximate surface area is 235 Å². The molecule has 3 aromatic carbocycles. The summed E-state index contributed by atoms with van der Waals surface area (Å²) >= 11 is 0. The quantitative estimate of drug-likeness (QED) is 0.297. The fourth-order valence-corrected chi connectivity index (χ4v) is 4.37. The van der Waals surface area contributed by atoms with Crippen LogP contribution >= 0.6 is 0 Å². The molecular formula is C27H18F10N2O4. The van der Waals surface area contributed by atoms with Crippen molar-refractivity contribution in [2.45, 2.75) is 38.2 Å². The van der Waals surface area contributed by atoms with Gasteiger partial charge >= 0.3 is 24.3 Å². The van der Waals surface area contributed by atoms with E-state index in [2.05, 4.69) is 14.8 Å². The van der Waals surface area contributed by atoms with E-state index in [0.29, 0.717) is 0 Å². The molecule has 0 bridgehead atoms. The third kappa shape index (κ3) is 5.52. The first kappa shape index (κ1) is 31.4. The van der Waals surface area contributed by atoms with Crippen LogP contribution in [-0.4, -0.2) is 37.5 Å². The first-order valence-electron chi connectivity index (χ1n) is 11.9. The van der Waals surface area contributed by atoms with E-state index in [1.807, 2.05) is 0 Å². The lowest BCUT2D eigenvalue weighted by Crippen LogP contribution is -2.50. The number of anilines is 2. The van der Waals surface area contributed by atoms with Gasteiger partial charge in [0.15, 0.2) is 17.3 Å². The number of amides is 2. The van der Waals surface area contributed by atoms with Gasteiger partial charge in [0, 0.05) is 23.9 Å². The van der Waals surface area contributed by atoms with Gasteiger partial charge in [-0.2, -0.15) is 26.3 Å². The number of hydrogen-bond acceptors (Lipinski definition) is 4. The molecule has 1 aliphatic rings. The van der Waals surface area contributed by atoms with Crippen molar-refractivity contribution in [2.75, 3.05) is 17.3 Å². The van der Waals surface area contributed by atoms with Gasteiger partial charge < -0.3 is 19.7 Å². The number of aryl methyl sites for hydroxylation is 2. The molecule has 0 aliphatic carbocycles. The van der Waals surface area contributed by atoms with Crippen LogP contribution in [0.3, 0.4) is 0 Å². The summed E-state index contributed by atoms with van der Waals surface area (Å²) in [5.41, 5.74) is -9.92. The summed E-state index contributed by atoms with van der Waals surface area (Å²) < 4.78 is 144. The van der Waals surface area contributed by atoms with Gasteiger partial charge in [0.2, 0.25) is 0 Å². The Bertz CT molecular complexity index is 1580. The van der Waals surface area contributed by atoms with Crippen molar-refractivity contribution >= 4 is 23.2 Å². The largest absolute Gasteiger partial charge is 0.586 e. The maximum Gasteiger partial charge on any atom is 0.586 e. The number of carbonyl (C=O) groups excluding carboxylic acids is 2. The Morgan fingerprint density at radius 3 is 1.95 bits per heavy atom. The van der Waals surface area contributed by atoms with Gasteiger partial charge in [0.05, 0.1) is 11.3 Å². The zero-order chi connectivity index (χ0) is 32.3. The van der Waals surface area contributed by atoms with E-state index in [0.717, 1.165) is 56.1 Å². The number of hydrogen-bond donors (Lipinski definition) is 1. The molecule has 16 heteroatoms. The van der Waals surface area contributed by atoms with Crippen molar-refractivity contribution in [3.8, 4) is 11.5 Å². The van der Waals surface area contributed by atoms with E-state index in [-0.39, 0.29) is 29.1 Å². The number of carbonyl (C=O) groups is 2. The van der Waals surface area contributed by atoms with Crippen LogP contribution < -0.4 is 19.7 Å². The highest BCUT2D eigenvalue weighted by molar-refractivity contribution is 6.09. The van der Waals surface area contributed by atoms with Crippen LogP contribution in [0, 0.1) is 19.7 Å². The number of halogens is 10. The van der Waals surface area contributed by atoms with Crippen molar-refractivity contribution in [3.63, 3.8) is 0 Å². The minimum Gasteiger partial charge on any atom is -0.395 e. The SMILES string of the molecule is Cc1cc(C(F)(C(F)(F)F)C(F)(F)F)cc(C)c1NC(=O)c1cccc(N(C)C(=O)c2ccc3c(c2)OC(F)(F)O3)c1F. The van der Waals surface area contributed by atoms with Gasteiger partial charge in [0.1, 0.15) is 0 Å². The molecule has 0 radical (unpaired) electrons. The molecular weight excluding hydrogens is 606 g/mol. The molecule has 0 aromatic heterocycles. The van der Waals surface area contributed by atoms with Gasteiger partial charge in [-0.1, -0.05) is 18.2 Å². The van der Waals surface area contributed by atoms with Gasteiger partial charge in [0.25, 0.3) is 11.8 Å². The molecule has 230 valence electrons. The molecule has 2 amide bonds. The Morgan fingerprint density at radius 2 is 1.40 bits per heavy atom. The lowest BCUT2D eigenvalue weighted by molar-refractivity contribution is -0.348. The fourth-order valence-electron chi connectivity index (χ4n) is 4.37. The van der Waals surface area contributed by atoms with Crippen LogP contribution in [0.5, 0.6) is 11.5 Å². The van der Waals surface area contributed by atoms with Gasteiger partial charge in [-0.3, -0.25) is 9.59 Å². The molecule has 4 rings (SSSR count). The van der Waals surface area contributed by atoms with Gasteiger partial charge in [-0.25, -0.2) is 8.78 Å². The summed E-state index contributed by atoms with van der Waals surface area (Å²) in [6.45, 7) is 2.03. The van der Waals surface area contributed by atoms with Crippen molar-refractivity contribution in [1.82, 2.24) is 0 Å². The molecule has 6 nitrogen and oxygen atoms in total. The summed E-state index contributed by atoms with van der Waals surface area (Å²) in [6.07, 6.45) is -16.7. The molecule has 0 saturated carbocycles. The number of alkyl halides is 9. The molecule has 0 unspecified atom stereocenters. The number of nitrogens with zero attached hydrogens (tertiary/aromatic N) is 1. The summed E-state index contributed by atoms with van der Waals surface area (Å²) in [4.78, 5) is 26.7. The maximum absolute atomic E-state index is 15.5. The second kappa shape index (κ2) is 10.3.